The number of ether oxygens (including phenoxy) is 1. The van der Waals surface area contributed by atoms with Gasteiger partial charge in [-0.3, -0.25) is 4.79 Å². The van der Waals surface area contributed by atoms with Gasteiger partial charge < -0.3 is 15.5 Å². The number of H-pyrrole nitrogens is 1. The van der Waals surface area contributed by atoms with Gasteiger partial charge in [0.15, 0.2) is 6.61 Å². The molecule has 0 saturated carbocycles. The normalized spacial score (nSPS) is 10.8. The molecule has 0 aliphatic carbocycles. The topological polar surface area (TPSA) is 105 Å². The van der Waals surface area contributed by atoms with Crippen LogP contribution in [0.2, 0.25) is 0 Å². The Hall–Kier alpha value is -3.30. The van der Waals surface area contributed by atoms with E-state index in [4.69, 9.17) is 10.5 Å². The first-order valence-electron chi connectivity index (χ1n) is 7.24. The molecule has 0 aliphatic heterocycles. The minimum Gasteiger partial charge on any atom is -0.484 e. The van der Waals surface area contributed by atoms with Gasteiger partial charge in [0.25, 0.3) is 5.91 Å². The zero-order valence-corrected chi connectivity index (χ0v) is 13.9. The number of nitriles is 1. The molecule has 0 atom stereocenters. The molecule has 0 radical (unpaired) electrons. The van der Waals surface area contributed by atoms with Crippen LogP contribution < -0.4 is 10.5 Å². The molecule has 1 aromatic heterocycles. The molecule has 6 nitrogen and oxygen atoms in total. The van der Waals surface area contributed by atoms with E-state index in [0.717, 1.165) is 16.6 Å². The van der Waals surface area contributed by atoms with Crippen LogP contribution in [-0.4, -0.2) is 22.5 Å². The molecule has 7 heteroatoms. The molecule has 3 aromatic rings. The van der Waals surface area contributed by atoms with Crippen molar-refractivity contribution < 1.29 is 9.53 Å². The van der Waals surface area contributed by atoms with Crippen LogP contribution in [0.5, 0.6) is 5.75 Å². The molecule has 2 aromatic carbocycles. The lowest BCUT2D eigenvalue weighted by Gasteiger charge is -2.03. The van der Waals surface area contributed by atoms with Crippen LogP contribution in [0.25, 0.3) is 22.7 Å². The maximum absolute atomic E-state index is 10.7. The van der Waals surface area contributed by atoms with Crippen molar-refractivity contribution in [2.45, 2.75) is 0 Å². The third kappa shape index (κ3) is 4.37. The smallest absolute Gasteiger partial charge is 0.255 e. The van der Waals surface area contributed by atoms with Gasteiger partial charge in [-0.15, -0.1) is 12.4 Å². The van der Waals surface area contributed by atoms with Gasteiger partial charge >= 0.3 is 0 Å². The fourth-order valence-corrected chi connectivity index (χ4v) is 2.22. The molecule has 0 bridgehead atoms. The van der Waals surface area contributed by atoms with Crippen molar-refractivity contribution in [1.29, 1.82) is 5.26 Å². The highest BCUT2D eigenvalue weighted by Gasteiger charge is 2.07. The number of amides is 1. The van der Waals surface area contributed by atoms with E-state index in [9.17, 15) is 10.1 Å². The summed E-state index contributed by atoms with van der Waals surface area (Å²) in [5.41, 5.74) is 7.96. The van der Waals surface area contributed by atoms with Crippen LogP contribution in [0.15, 0.2) is 48.5 Å². The van der Waals surface area contributed by atoms with Gasteiger partial charge in [0, 0.05) is 0 Å². The van der Waals surface area contributed by atoms with Crippen LogP contribution in [0.3, 0.4) is 0 Å². The van der Waals surface area contributed by atoms with Gasteiger partial charge in [0.2, 0.25) is 0 Å². The second kappa shape index (κ2) is 7.99. The van der Waals surface area contributed by atoms with Gasteiger partial charge in [0.05, 0.1) is 16.6 Å². The van der Waals surface area contributed by atoms with Gasteiger partial charge in [0.1, 0.15) is 17.6 Å². The molecule has 1 amide bonds. The number of hydrogen-bond donors (Lipinski definition) is 2. The average molecular weight is 355 g/mol. The number of primary amides is 1. The first kappa shape index (κ1) is 18.0. The van der Waals surface area contributed by atoms with Crippen molar-refractivity contribution in [1.82, 2.24) is 9.97 Å². The summed E-state index contributed by atoms with van der Waals surface area (Å²) in [7, 11) is 0. The first-order chi connectivity index (χ1) is 11.7. The molecule has 0 aliphatic rings. The number of aromatic amines is 1. The van der Waals surface area contributed by atoms with Crippen LogP contribution in [0.1, 0.15) is 11.4 Å². The Kier molecular flexibility index (Phi) is 5.77. The van der Waals surface area contributed by atoms with Crippen molar-refractivity contribution in [3.8, 4) is 11.8 Å². The number of nitrogens with zero attached hydrogens (tertiary/aromatic N) is 2. The summed E-state index contributed by atoms with van der Waals surface area (Å²) in [5, 5.41) is 9.41. The summed E-state index contributed by atoms with van der Waals surface area (Å²) in [6.07, 6.45) is 1.73. The predicted octanol–water partition coefficient (Wildman–Crippen LogP) is 2.91. The highest BCUT2D eigenvalue weighted by Crippen LogP contribution is 2.20. The van der Waals surface area contributed by atoms with Gasteiger partial charge in [-0.05, 0) is 35.9 Å². The third-order valence-corrected chi connectivity index (χ3v) is 3.34. The van der Waals surface area contributed by atoms with Crippen molar-refractivity contribution >= 4 is 41.0 Å². The summed E-state index contributed by atoms with van der Waals surface area (Å²) < 4.78 is 5.20. The van der Waals surface area contributed by atoms with E-state index in [1.807, 2.05) is 24.3 Å². The molecule has 3 rings (SSSR count). The number of benzene rings is 2. The van der Waals surface area contributed by atoms with Crippen molar-refractivity contribution in [2.24, 2.45) is 5.73 Å². The maximum atomic E-state index is 10.7. The van der Waals surface area contributed by atoms with Crippen LogP contribution >= 0.6 is 12.4 Å². The Balaban J connectivity index is 0.00000225. The van der Waals surface area contributed by atoms with E-state index < -0.39 is 5.91 Å². The van der Waals surface area contributed by atoms with Gasteiger partial charge in [-0.25, -0.2) is 4.98 Å². The highest BCUT2D eigenvalue weighted by molar-refractivity contribution is 5.90. The quantitative estimate of drug-likeness (QED) is 0.687. The number of allylic oxidation sites excluding steroid dienone is 1. The Bertz CT molecular complexity index is 922. The fraction of sp³-hybridized carbons (Fsp3) is 0.0556. The van der Waals surface area contributed by atoms with E-state index >= 15 is 0 Å². The van der Waals surface area contributed by atoms with Crippen molar-refractivity contribution in [2.75, 3.05) is 6.61 Å². The number of aromatic nitrogens is 2. The summed E-state index contributed by atoms with van der Waals surface area (Å²) in [5.74, 6) is 0.525. The Morgan fingerprint density at radius 3 is 2.60 bits per heavy atom. The molecule has 126 valence electrons. The Morgan fingerprint density at radius 2 is 1.96 bits per heavy atom. The molecule has 0 fully saturated rings. The second-order valence-corrected chi connectivity index (χ2v) is 5.10. The number of carbonyl (C=O) groups excluding carboxylic acids is 1. The zero-order valence-electron chi connectivity index (χ0n) is 13.1. The van der Waals surface area contributed by atoms with Crippen LogP contribution in [0, 0.1) is 11.3 Å². The zero-order chi connectivity index (χ0) is 16.9. The standard InChI is InChI=1S/C18H14N4O2.ClH/c19-10-13(18-21-15-3-1-2-4-16(15)22-18)9-12-5-7-14(8-6-12)24-11-17(20)23;/h1-9H,11H2,(H2,20,23)(H,21,22);1H/b13-9+;. The number of rotatable bonds is 5. The first-order valence-corrected chi connectivity index (χ1v) is 7.24. The lowest BCUT2D eigenvalue weighted by molar-refractivity contribution is -0.119. The summed E-state index contributed by atoms with van der Waals surface area (Å²) >= 11 is 0. The number of nitrogens with two attached hydrogens (primary N) is 1. The molecular formula is C18H15ClN4O2. The number of para-hydroxylation sites is 2. The number of halogens is 1. The van der Waals surface area contributed by atoms with Crippen molar-refractivity contribution in [3.63, 3.8) is 0 Å². The molecular weight excluding hydrogens is 340 g/mol. The number of imidazole rings is 1. The lowest BCUT2D eigenvalue weighted by atomic mass is 10.1. The van der Waals surface area contributed by atoms with Gasteiger partial charge in [-0.1, -0.05) is 24.3 Å². The average Bonchev–Trinajstić information content (AvgIpc) is 3.02. The predicted molar refractivity (Wildman–Crippen MR) is 98.0 cm³/mol. The summed E-state index contributed by atoms with van der Waals surface area (Å²) in [6.45, 7) is -0.169. The lowest BCUT2D eigenvalue weighted by Crippen LogP contribution is -2.19. The molecule has 3 N–H and O–H groups in total. The minimum absolute atomic E-state index is 0. The van der Waals surface area contributed by atoms with Gasteiger partial charge in [-0.2, -0.15) is 5.26 Å². The number of nitrogens with one attached hydrogen (secondary N) is 1. The fourth-order valence-electron chi connectivity index (χ4n) is 2.22. The monoisotopic (exact) mass is 354 g/mol. The maximum Gasteiger partial charge on any atom is 0.255 e. The molecule has 0 saturated heterocycles. The van der Waals surface area contributed by atoms with Crippen LogP contribution in [-0.2, 0) is 4.79 Å². The number of hydrogen-bond acceptors (Lipinski definition) is 4. The Morgan fingerprint density at radius 1 is 1.24 bits per heavy atom. The van der Waals surface area contributed by atoms with E-state index in [-0.39, 0.29) is 19.0 Å². The SMILES string of the molecule is Cl.N#C/C(=C\c1ccc(OCC(N)=O)cc1)c1nc2ccccc2[nH]1. The van der Waals surface area contributed by atoms with E-state index in [1.165, 1.54) is 0 Å². The van der Waals surface area contributed by atoms with E-state index in [0.29, 0.717) is 17.1 Å². The number of carbonyl (C=O) groups is 1. The molecule has 0 spiro atoms. The second-order valence-electron chi connectivity index (χ2n) is 5.10. The Labute approximate surface area is 150 Å². The highest BCUT2D eigenvalue weighted by atomic mass is 35.5. The molecule has 25 heavy (non-hydrogen) atoms. The summed E-state index contributed by atoms with van der Waals surface area (Å²) in [4.78, 5) is 18.3. The van der Waals surface area contributed by atoms with E-state index in [2.05, 4.69) is 16.0 Å². The van der Waals surface area contributed by atoms with Crippen molar-refractivity contribution in [3.05, 3.63) is 59.9 Å². The molecule has 1 heterocycles. The largest absolute Gasteiger partial charge is 0.484 e. The minimum atomic E-state index is -0.532. The number of fused-ring (bicyclic) bond motifs is 1. The summed E-state index contributed by atoms with van der Waals surface area (Å²) in [6, 6.07) is 16.8. The van der Waals surface area contributed by atoms with E-state index in [1.54, 1.807) is 30.3 Å². The molecule has 0 unspecified atom stereocenters. The third-order valence-electron chi connectivity index (χ3n) is 3.34. The van der Waals surface area contributed by atoms with Crippen LogP contribution in [0.4, 0.5) is 0 Å².